The second kappa shape index (κ2) is 23.8. The Kier molecular flexibility index (Phi) is 20.8. The highest BCUT2D eigenvalue weighted by atomic mass is 33.1. The minimum absolute atomic E-state index is 0.0608. The molecular formula is C31H44N2O5S2. The molecule has 7 nitrogen and oxygen atoms in total. The number of carbonyl (C=O) groups is 2. The first-order valence-corrected chi connectivity index (χ1v) is 16.2. The summed E-state index contributed by atoms with van der Waals surface area (Å²) in [5.41, 5.74) is 0.0644. The van der Waals surface area contributed by atoms with Crippen molar-refractivity contribution in [3.63, 3.8) is 0 Å². The lowest BCUT2D eigenvalue weighted by Gasteiger charge is -2.07. The van der Waals surface area contributed by atoms with Gasteiger partial charge < -0.3 is 26.0 Å². The van der Waals surface area contributed by atoms with Crippen molar-refractivity contribution < 1.29 is 24.9 Å². The van der Waals surface area contributed by atoms with E-state index in [2.05, 4.69) is 78.3 Å². The third kappa shape index (κ3) is 18.3. The number of hydrogen-bond donors (Lipinski definition) is 5. The molecule has 0 saturated carbocycles. The monoisotopic (exact) mass is 588 g/mol. The molecule has 0 spiro atoms. The maximum Gasteiger partial charge on any atom is 0.251 e. The smallest absolute Gasteiger partial charge is 0.251 e. The van der Waals surface area contributed by atoms with Gasteiger partial charge >= 0.3 is 0 Å². The van der Waals surface area contributed by atoms with Gasteiger partial charge in [0, 0.05) is 36.6 Å². The lowest BCUT2D eigenvalue weighted by atomic mass is 10.1. The van der Waals surface area contributed by atoms with Gasteiger partial charge in [0.1, 0.15) is 0 Å². The quantitative estimate of drug-likeness (QED) is 0.0456. The van der Waals surface area contributed by atoms with E-state index in [1.807, 2.05) is 0 Å². The number of aromatic hydroxyl groups is 3. The third-order valence-electron chi connectivity index (χ3n) is 5.33. The van der Waals surface area contributed by atoms with Gasteiger partial charge in [0.05, 0.1) is 0 Å². The van der Waals surface area contributed by atoms with E-state index in [0.29, 0.717) is 25.3 Å². The van der Waals surface area contributed by atoms with Gasteiger partial charge in [0.25, 0.3) is 5.91 Å². The lowest BCUT2D eigenvalue weighted by Crippen LogP contribution is -2.26. The first-order valence-electron chi connectivity index (χ1n) is 13.7. The van der Waals surface area contributed by atoms with Crippen molar-refractivity contribution in [2.24, 2.45) is 0 Å². The molecule has 0 radical (unpaired) electrons. The predicted molar refractivity (Wildman–Crippen MR) is 170 cm³/mol. The average Bonchev–Trinajstić information content (AvgIpc) is 2.94. The number of amides is 2. The van der Waals surface area contributed by atoms with Crippen LogP contribution in [0.4, 0.5) is 0 Å². The number of nitrogens with one attached hydrogen (secondary N) is 2. The molecule has 0 heterocycles. The minimum Gasteiger partial charge on any atom is -0.504 e. The number of allylic oxidation sites excluding steroid dienone is 10. The van der Waals surface area contributed by atoms with Gasteiger partial charge in [0.15, 0.2) is 17.2 Å². The van der Waals surface area contributed by atoms with Crippen molar-refractivity contribution in [3.05, 3.63) is 78.5 Å². The Hall–Kier alpha value is -3.04. The minimum atomic E-state index is -0.652. The second-order valence-corrected chi connectivity index (χ2v) is 11.4. The largest absolute Gasteiger partial charge is 0.504 e. The molecule has 0 aromatic heterocycles. The molecule has 0 aliphatic heterocycles. The topological polar surface area (TPSA) is 119 Å². The molecule has 0 fully saturated rings. The fourth-order valence-electron chi connectivity index (χ4n) is 3.23. The standard InChI is InChI=1S/C31H44N2O5S2/c1-2-3-4-5-6-7-8-9-10-11-12-13-14-15-16-17-18-19-29(36)32-20-22-39-40-23-21-33-31(38)26-24-27(34)30(37)28(35)25-26/h3-4,6-7,9-10,12-13,15-16,24-25,34-35,37H,2,5,8,11,14,17-23H2,1H3,(H,32,36)(H,33,38)/b4-3-,7-6-,10-9-,13-12-,16-15-. The molecule has 1 rings (SSSR count). The Bertz CT molecular complexity index is 996. The molecule has 0 aliphatic rings. The summed E-state index contributed by atoms with van der Waals surface area (Å²) in [5.74, 6) is -0.718. The first-order chi connectivity index (χ1) is 19.5. The summed E-state index contributed by atoms with van der Waals surface area (Å²) in [4.78, 5) is 24.0. The Balaban J connectivity index is 1.95. The van der Waals surface area contributed by atoms with Crippen LogP contribution in [0.2, 0.25) is 0 Å². The van der Waals surface area contributed by atoms with E-state index in [4.69, 9.17) is 0 Å². The summed E-state index contributed by atoms with van der Waals surface area (Å²) in [6.07, 6.45) is 28.9. The van der Waals surface area contributed by atoms with Crippen LogP contribution in [0.25, 0.3) is 0 Å². The zero-order chi connectivity index (χ0) is 29.3. The lowest BCUT2D eigenvalue weighted by molar-refractivity contribution is -0.121. The summed E-state index contributed by atoms with van der Waals surface area (Å²) in [6.45, 7) is 3.14. The maximum absolute atomic E-state index is 12.0. The van der Waals surface area contributed by atoms with E-state index < -0.39 is 23.2 Å². The van der Waals surface area contributed by atoms with Gasteiger partial charge in [-0.25, -0.2) is 0 Å². The third-order valence-corrected chi connectivity index (χ3v) is 7.73. The molecule has 2 amide bonds. The molecule has 220 valence electrons. The fourth-order valence-corrected chi connectivity index (χ4v) is 5.04. The zero-order valence-electron chi connectivity index (χ0n) is 23.4. The van der Waals surface area contributed by atoms with Gasteiger partial charge in [-0.2, -0.15) is 0 Å². The Morgan fingerprint density at radius 3 is 1.73 bits per heavy atom. The summed E-state index contributed by atoms with van der Waals surface area (Å²) < 4.78 is 0. The average molecular weight is 589 g/mol. The van der Waals surface area contributed by atoms with Crippen LogP contribution in [-0.4, -0.2) is 51.7 Å². The van der Waals surface area contributed by atoms with Gasteiger partial charge in [-0.3, -0.25) is 9.59 Å². The van der Waals surface area contributed by atoms with Crippen molar-refractivity contribution in [1.29, 1.82) is 0 Å². The number of benzene rings is 1. The van der Waals surface area contributed by atoms with Crippen molar-refractivity contribution in [2.75, 3.05) is 24.6 Å². The van der Waals surface area contributed by atoms with Crippen LogP contribution in [0.3, 0.4) is 0 Å². The van der Waals surface area contributed by atoms with E-state index >= 15 is 0 Å². The molecule has 0 saturated heterocycles. The van der Waals surface area contributed by atoms with Crippen molar-refractivity contribution in [3.8, 4) is 17.2 Å². The number of rotatable bonds is 21. The van der Waals surface area contributed by atoms with E-state index in [1.54, 1.807) is 21.6 Å². The van der Waals surface area contributed by atoms with Gasteiger partial charge in [-0.05, 0) is 57.1 Å². The fraction of sp³-hybridized carbons (Fsp3) is 0.419. The molecule has 0 unspecified atom stereocenters. The number of carbonyl (C=O) groups excluding carboxylic acids is 2. The van der Waals surface area contributed by atoms with Crippen molar-refractivity contribution in [1.82, 2.24) is 10.6 Å². The molecule has 1 aromatic carbocycles. The van der Waals surface area contributed by atoms with E-state index in [0.717, 1.165) is 62.8 Å². The van der Waals surface area contributed by atoms with Crippen molar-refractivity contribution in [2.45, 2.75) is 58.3 Å². The number of hydrogen-bond acceptors (Lipinski definition) is 7. The highest BCUT2D eigenvalue weighted by molar-refractivity contribution is 8.76. The molecule has 0 atom stereocenters. The van der Waals surface area contributed by atoms with Crippen LogP contribution >= 0.6 is 21.6 Å². The van der Waals surface area contributed by atoms with E-state index in [9.17, 15) is 24.9 Å². The number of unbranched alkanes of at least 4 members (excludes halogenated alkanes) is 1. The SMILES string of the molecule is CC/C=C\C/C=C\C/C=C\C/C=C\C/C=C\CCCC(=O)NCCSSCCNC(=O)c1cc(O)c(O)c(O)c1. The Morgan fingerprint density at radius 2 is 1.20 bits per heavy atom. The predicted octanol–water partition coefficient (Wildman–Crippen LogP) is 6.95. The molecule has 40 heavy (non-hydrogen) atoms. The van der Waals surface area contributed by atoms with Crippen LogP contribution < -0.4 is 10.6 Å². The summed E-state index contributed by atoms with van der Waals surface area (Å²) in [6, 6.07) is 2.19. The van der Waals surface area contributed by atoms with Crippen LogP contribution in [-0.2, 0) is 4.79 Å². The van der Waals surface area contributed by atoms with E-state index in [-0.39, 0.29) is 11.5 Å². The highest BCUT2D eigenvalue weighted by Gasteiger charge is 2.13. The molecule has 0 bridgehead atoms. The Morgan fingerprint density at radius 1 is 0.725 bits per heavy atom. The van der Waals surface area contributed by atoms with Gasteiger partial charge in [-0.15, -0.1) is 0 Å². The number of phenols is 3. The van der Waals surface area contributed by atoms with Crippen LogP contribution in [0.15, 0.2) is 72.9 Å². The van der Waals surface area contributed by atoms with Crippen LogP contribution in [0, 0.1) is 0 Å². The zero-order valence-corrected chi connectivity index (χ0v) is 25.0. The van der Waals surface area contributed by atoms with Crippen LogP contribution in [0.1, 0.15) is 68.6 Å². The molecule has 9 heteroatoms. The normalized spacial score (nSPS) is 12.0. The Labute approximate surface area is 247 Å². The second-order valence-electron chi connectivity index (χ2n) is 8.71. The summed E-state index contributed by atoms with van der Waals surface area (Å²) >= 11 is 0. The highest BCUT2D eigenvalue weighted by Crippen LogP contribution is 2.35. The van der Waals surface area contributed by atoms with Crippen molar-refractivity contribution >= 4 is 33.4 Å². The first kappa shape index (κ1) is 35.0. The summed E-state index contributed by atoms with van der Waals surface area (Å²) in [7, 11) is 3.19. The molecule has 1 aromatic rings. The van der Waals surface area contributed by atoms with Gasteiger partial charge in [-0.1, -0.05) is 89.3 Å². The maximum atomic E-state index is 12.0. The van der Waals surface area contributed by atoms with Gasteiger partial charge in [0.2, 0.25) is 5.91 Å². The molecular weight excluding hydrogens is 544 g/mol. The molecule has 0 aliphatic carbocycles. The summed E-state index contributed by atoms with van der Waals surface area (Å²) in [5, 5.41) is 33.9. The molecule has 5 N–H and O–H groups in total. The van der Waals surface area contributed by atoms with E-state index in [1.165, 1.54) is 0 Å². The van der Waals surface area contributed by atoms with Crippen LogP contribution in [0.5, 0.6) is 17.2 Å². The number of phenolic OH excluding ortho intramolecular Hbond substituents is 3.